The summed E-state index contributed by atoms with van der Waals surface area (Å²) in [4.78, 5) is 0. The van der Waals surface area contributed by atoms with Crippen molar-refractivity contribution in [3.8, 4) is 0 Å². The summed E-state index contributed by atoms with van der Waals surface area (Å²) >= 11 is 0. The molecule has 1 aromatic carbocycles. The molecule has 0 aliphatic heterocycles. The fraction of sp³-hybridized carbons (Fsp3) is 0.286. The van der Waals surface area contributed by atoms with Gasteiger partial charge in [-0.25, -0.2) is 0 Å². The van der Waals surface area contributed by atoms with Crippen LogP contribution < -0.4 is 0 Å². The van der Waals surface area contributed by atoms with Gasteiger partial charge in [0.05, 0.1) is 0 Å². The van der Waals surface area contributed by atoms with E-state index in [1.165, 1.54) is 11.1 Å². The topological polar surface area (TPSA) is 0 Å². The molecule has 1 aromatic rings. The minimum Gasteiger partial charge on any atom is -0.0842 e. The first-order chi connectivity index (χ1) is 6.97. The smallest absolute Gasteiger partial charge is 0.0224 e. The van der Waals surface area contributed by atoms with Gasteiger partial charge in [-0.3, -0.25) is 0 Å². The van der Waals surface area contributed by atoms with Crippen molar-refractivity contribution in [3.63, 3.8) is 0 Å². The first-order valence-electron chi connectivity index (χ1n) is 5.38. The van der Waals surface area contributed by atoms with Gasteiger partial charge < -0.3 is 0 Å². The first-order valence-corrected chi connectivity index (χ1v) is 5.38. The van der Waals surface area contributed by atoms with E-state index in [1.807, 2.05) is 13.8 Å². The second kappa shape index (κ2) is 6.20. The maximum atomic E-state index is 2.21. The van der Waals surface area contributed by atoms with E-state index in [-0.39, 0.29) is 0 Å². The third kappa shape index (κ3) is 2.88. The Hall–Kier alpha value is -1.30. The molecule has 0 saturated carbocycles. The van der Waals surface area contributed by atoms with E-state index in [1.54, 1.807) is 0 Å². The largest absolute Gasteiger partial charge is 0.0842 e. The van der Waals surface area contributed by atoms with Gasteiger partial charge in [0.15, 0.2) is 0 Å². The van der Waals surface area contributed by atoms with Crippen LogP contribution >= 0.6 is 0 Å². The molecule has 2 rings (SSSR count). The van der Waals surface area contributed by atoms with Crippen LogP contribution in [0.25, 0.3) is 6.08 Å². The fourth-order valence-corrected chi connectivity index (χ4v) is 1.50. The summed E-state index contributed by atoms with van der Waals surface area (Å²) in [5.41, 5.74) is 2.82. The van der Waals surface area contributed by atoms with Gasteiger partial charge in [-0.15, -0.1) is 0 Å². The molecule has 1 aliphatic carbocycles. The zero-order valence-corrected chi connectivity index (χ0v) is 9.03. The van der Waals surface area contributed by atoms with Crippen molar-refractivity contribution in [1.29, 1.82) is 0 Å². The average Bonchev–Trinajstić information content (AvgIpc) is 2.22. The molecular weight excluding hydrogens is 168 g/mol. The van der Waals surface area contributed by atoms with E-state index < -0.39 is 0 Å². The molecule has 0 N–H and O–H groups in total. The number of fused-ring (bicyclic) bond motifs is 1. The summed E-state index contributed by atoms with van der Waals surface area (Å²) in [6, 6.07) is 8.58. The molecule has 0 heteroatoms. The van der Waals surface area contributed by atoms with Crippen LogP contribution in [0, 0.1) is 0 Å². The van der Waals surface area contributed by atoms with Crippen molar-refractivity contribution in [3.05, 3.63) is 53.6 Å². The van der Waals surface area contributed by atoms with E-state index >= 15 is 0 Å². The maximum absolute atomic E-state index is 2.21. The van der Waals surface area contributed by atoms with Crippen molar-refractivity contribution in [2.75, 3.05) is 0 Å². The number of hydrogen-bond acceptors (Lipinski definition) is 0. The Kier molecular flexibility index (Phi) is 4.77. The van der Waals surface area contributed by atoms with E-state index in [2.05, 4.69) is 48.6 Å². The summed E-state index contributed by atoms with van der Waals surface area (Å²) in [6.07, 6.45) is 10.9. The van der Waals surface area contributed by atoms with Crippen molar-refractivity contribution >= 4 is 6.08 Å². The number of hydrogen-bond donors (Lipinski definition) is 0. The van der Waals surface area contributed by atoms with Gasteiger partial charge in [0.25, 0.3) is 0 Å². The average molecular weight is 186 g/mol. The Labute approximate surface area is 87.0 Å². The highest BCUT2D eigenvalue weighted by molar-refractivity contribution is 5.55. The fourth-order valence-electron chi connectivity index (χ4n) is 1.50. The Morgan fingerprint density at radius 1 is 1.00 bits per heavy atom. The molecule has 0 aromatic heterocycles. The molecule has 74 valence electrons. The third-order valence-electron chi connectivity index (χ3n) is 2.16. The molecule has 0 saturated heterocycles. The van der Waals surface area contributed by atoms with Gasteiger partial charge in [0.2, 0.25) is 0 Å². The van der Waals surface area contributed by atoms with Gasteiger partial charge in [0, 0.05) is 0 Å². The number of rotatable bonds is 0. The summed E-state index contributed by atoms with van der Waals surface area (Å²) in [5, 5.41) is 0. The SMILES string of the molecule is C1=C\c2ccccc2CC/C=C/1.CC. The van der Waals surface area contributed by atoms with Crippen LogP contribution in [-0.2, 0) is 6.42 Å². The van der Waals surface area contributed by atoms with Gasteiger partial charge in [-0.1, -0.05) is 62.4 Å². The van der Waals surface area contributed by atoms with E-state index in [0.717, 1.165) is 12.8 Å². The molecular formula is C14H18. The molecule has 0 heterocycles. The summed E-state index contributed by atoms with van der Waals surface area (Å²) in [5.74, 6) is 0. The lowest BCUT2D eigenvalue weighted by Crippen LogP contribution is -1.88. The van der Waals surface area contributed by atoms with E-state index in [0.29, 0.717) is 0 Å². The van der Waals surface area contributed by atoms with E-state index in [9.17, 15) is 0 Å². The zero-order chi connectivity index (χ0) is 10.2. The minimum absolute atomic E-state index is 1.15. The molecule has 14 heavy (non-hydrogen) atoms. The van der Waals surface area contributed by atoms with Crippen LogP contribution in [-0.4, -0.2) is 0 Å². The summed E-state index contributed by atoms with van der Waals surface area (Å²) in [7, 11) is 0. The molecule has 1 aliphatic rings. The second-order valence-electron chi connectivity index (χ2n) is 3.02. The highest BCUT2D eigenvalue weighted by Crippen LogP contribution is 2.14. The summed E-state index contributed by atoms with van der Waals surface area (Å²) in [6.45, 7) is 4.00. The first kappa shape index (κ1) is 10.8. The molecule has 0 radical (unpaired) electrons. The molecule has 0 bridgehead atoms. The van der Waals surface area contributed by atoms with Crippen LogP contribution in [0.4, 0.5) is 0 Å². The van der Waals surface area contributed by atoms with Gasteiger partial charge in [0.1, 0.15) is 0 Å². The standard InChI is InChI=1S/C12H12.C2H6/c1-2-4-8-12-10-6-5-9-11(12)7-3-1;1-2/h1-3,5-7,9-10H,4,8H2;1-2H3/b2-1+,7-3-;. The lowest BCUT2D eigenvalue weighted by molar-refractivity contribution is 0.996. The molecule has 0 fully saturated rings. The number of aryl methyl sites for hydroxylation is 1. The lowest BCUT2D eigenvalue weighted by atomic mass is 10.0. The van der Waals surface area contributed by atoms with Crippen LogP contribution in [0.3, 0.4) is 0 Å². The van der Waals surface area contributed by atoms with E-state index in [4.69, 9.17) is 0 Å². The predicted octanol–water partition coefficient (Wildman–Crippen LogP) is 4.23. The zero-order valence-electron chi connectivity index (χ0n) is 9.03. The van der Waals surface area contributed by atoms with Crippen molar-refractivity contribution in [2.24, 2.45) is 0 Å². The summed E-state index contributed by atoms with van der Waals surface area (Å²) < 4.78 is 0. The quantitative estimate of drug-likeness (QED) is 0.569. The second-order valence-corrected chi connectivity index (χ2v) is 3.02. The van der Waals surface area contributed by atoms with Crippen molar-refractivity contribution < 1.29 is 0 Å². The van der Waals surface area contributed by atoms with Gasteiger partial charge in [-0.05, 0) is 24.0 Å². The Balaban J connectivity index is 0.000000461. The molecule has 0 spiro atoms. The molecule has 0 nitrogen and oxygen atoms in total. The minimum atomic E-state index is 1.15. The van der Waals surface area contributed by atoms with Gasteiger partial charge >= 0.3 is 0 Å². The highest BCUT2D eigenvalue weighted by Gasteiger charge is 1.97. The lowest BCUT2D eigenvalue weighted by Gasteiger charge is -2.05. The van der Waals surface area contributed by atoms with Crippen molar-refractivity contribution in [1.82, 2.24) is 0 Å². The monoisotopic (exact) mass is 186 g/mol. The highest BCUT2D eigenvalue weighted by atomic mass is 14.0. The third-order valence-corrected chi connectivity index (χ3v) is 2.16. The predicted molar refractivity (Wildman–Crippen MR) is 64.3 cm³/mol. The van der Waals surface area contributed by atoms with Crippen LogP contribution in [0.15, 0.2) is 42.5 Å². The normalized spacial score (nSPS) is 17.9. The number of benzene rings is 1. The maximum Gasteiger partial charge on any atom is -0.0224 e. The molecule has 0 unspecified atom stereocenters. The Morgan fingerprint density at radius 3 is 2.64 bits per heavy atom. The van der Waals surface area contributed by atoms with Crippen LogP contribution in [0.5, 0.6) is 0 Å². The molecule has 0 atom stereocenters. The van der Waals surface area contributed by atoms with Gasteiger partial charge in [-0.2, -0.15) is 0 Å². The Bertz CT molecular complexity index is 319. The number of allylic oxidation sites excluding steroid dienone is 3. The van der Waals surface area contributed by atoms with Crippen LogP contribution in [0.1, 0.15) is 31.4 Å². The van der Waals surface area contributed by atoms with Crippen LogP contribution in [0.2, 0.25) is 0 Å². The van der Waals surface area contributed by atoms with Crippen molar-refractivity contribution in [2.45, 2.75) is 26.7 Å². The molecule has 0 amide bonds. The Morgan fingerprint density at radius 2 is 1.79 bits per heavy atom.